The zero-order chi connectivity index (χ0) is 29.5. The lowest BCUT2D eigenvalue weighted by Crippen LogP contribution is -2.56. The molecule has 0 unspecified atom stereocenters. The quantitative estimate of drug-likeness (QED) is 0.309. The van der Waals surface area contributed by atoms with Crippen LogP contribution in [0.2, 0.25) is 0 Å². The van der Waals surface area contributed by atoms with Gasteiger partial charge in [-0.05, 0) is 67.8 Å². The van der Waals surface area contributed by atoms with E-state index in [0.717, 1.165) is 29.8 Å². The van der Waals surface area contributed by atoms with Crippen LogP contribution in [0.15, 0.2) is 72.8 Å². The van der Waals surface area contributed by atoms with Crippen molar-refractivity contribution in [2.24, 2.45) is 0 Å². The van der Waals surface area contributed by atoms with Gasteiger partial charge in [0.05, 0.1) is 6.04 Å². The van der Waals surface area contributed by atoms with Crippen LogP contribution < -0.4 is 9.47 Å². The van der Waals surface area contributed by atoms with E-state index < -0.39 is 18.5 Å². The van der Waals surface area contributed by atoms with E-state index in [0.29, 0.717) is 23.6 Å². The molecule has 0 bridgehead atoms. The summed E-state index contributed by atoms with van der Waals surface area (Å²) in [6.07, 6.45) is 0. The highest BCUT2D eigenvalue weighted by Gasteiger charge is 2.35. The standard InChI is InChI=1S/C32H36N2O7/c1-21-17-34(22(2)16-33(21)18-24-7-4-11-28(13-24)40-19-30(36)37)32(26-9-5-8-25(14-26)23(3)35)27-10-6-12-29(15-27)41-20-31(38)39/h4-15,21-22,32H,16-20H2,1-3H3,(H,36,37)(H,38,39)/t21-,22+,32+/m1/s1. The van der Waals surface area contributed by atoms with E-state index in [-0.39, 0.29) is 30.5 Å². The Morgan fingerprint density at radius 3 is 2.02 bits per heavy atom. The second-order valence-electron chi connectivity index (χ2n) is 10.5. The number of benzene rings is 3. The first kappa shape index (κ1) is 29.8. The lowest BCUT2D eigenvalue weighted by atomic mass is 9.92. The fourth-order valence-electron chi connectivity index (χ4n) is 5.34. The Kier molecular flexibility index (Phi) is 9.75. The van der Waals surface area contributed by atoms with Gasteiger partial charge < -0.3 is 19.7 Å². The minimum Gasteiger partial charge on any atom is -0.482 e. The summed E-state index contributed by atoms with van der Waals surface area (Å²) >= 11 is 0. The Bertz CT molecular complexity index is 1390. The molecule has 4 rings (SSSR count). The second kappa shape index (κ2) is 13.4. The molecule has 0 aliphatic carbocycles. The number of carbonyl (C=O) groups is 3. The number of ketones is 1. The summed E-state index contributed by atoms with van der Waals surface area (Å²) in [5, 5.41) is 18.0. The molecule has 1 aliphatic heterocycles. The molecule has 1 aliphatic rings. The van der Waals surface area contributed by atoms with Crippen molar-refractivity contribution in [1.29, 1.82) is 0 Å². The molecule has 1 saturated heterocycles. The number of aliphatic carboxylic acids is 2. The molecule has 9 heteroatoms. The maximum Gasteiger partial charge on any atom is 0.341 e. The van der Waals surface area contributed by atoms with E-state index in [2.05, 4.69) is 23.6 Å². The van der Waals surface area contributed by atoms with Gasteiger partial charge in [0.1, 0.15) is 11.5 Å². The summed E-state index contributed by atoms with van der Waals surface area (Å²) < 4.78 is 10.9. The van der Waals surface area contributed by atoms with Gasteiger partial charge in [0.2, 0.25) is 0 Å². The van der Waals surface area contributed by atoms with Crippen molar-refractivity contribution in [3.05, 3.63) is 95.1 Å². The average molecular weight is 561 g/mol. The third kappa shape index (κ3) is 7.93. The third-order valence-corrected chi connectivity index (χ3v) is 7.29. The zero-order valence-corrected chi connectivity index (χ0v) is 23.5. The number of carboxylic acid groups (broad SMARTS) is 2. The SMILES string of the molecule is CC(=O)c1cccc([C@@H](c2cccc(OCC(=O)O)c2)N2C[C@@H](C)N(Cc3cccc(OCC(=O)O)c3)C[C@@H]2C)c1. The highest BCUT2D eigenvalue weighted by molar-refractivity contribution is 5.94. The van der Waals surface area contributed by atoms with Gasteiger partial charge in [-0.25, -0.2) is 9.59 Å². The monoisotopic (exact) mass is 560 g/mol. The fraction of sp³-hybridized carbons (Fsp3) is 0.344. The van der Waals surface area contributed by atoms with Crippen molar-refractivity contribution < 1.29 is 34.1 Å². The number of carboxylic acids is 2. The lowest BCUT2D eigenvalue weighted by molar-refractivity contribution is -0.140. The van der Waals surface area contributed by atoms with Crippen LogP contribution in [0.5, 0.6) is 11.5 Å². The van der Waals surface area contributed by atoms with Crippen LogP contribution in [-0.2, 0) is 16.1 Å². The van der Waals surface area contributed by atoms with Crippen molar-refractivity contribution in [2.75, 3.05) is 26.3 Å². The maximum atomic E-state index is 12.2. The Labute approximate surface area is 239 Å². The Balaban J connectivity index is 1.60. The van der Waals surface area contributed by atoms with Crippen LogP contribution in [-0.4, -0.2) is 76.1 Å². The molecule has 3 aromatic carbocycles. The van der Waals surface area contributed by atoms with Crippen molar-refractivity contribution in [1.82, 2.24) is 9.80 Å². The number of Topliss-reactive ketones (excluding diaryl/α,β-unsaturated/α-hetero) is 1. The molecule has 0 aromatic heterocycles. The first-order valence-electron chi connectivity index (χ1n) is 13.6. The maximum absolute atomic E-state index is 12.2. The average Bonchev–Trinajstić information content (AvgIpc) is 2.94. The molecule has 0 amide bonds. The largest absolute Gasteiger partial charge is 0.482 e. The highest BCUT2D eigenvalue weighted by atomic mass is 16.5. The second-order valence-corrected chi connectivity index (χ2v) is 10.5. The van der Waals surface area contributed by atoms with Gasteiger partial charge in [0.25, 0.3) is 0 Å². The molecular weight excluding hydrogens is 524 g/mol. The first-order chi connectivity index (χ1) is 19.6. The minimum atomic E-state index is -1.04. The Morgan fingerprint density at radius 2 is 1.39 bits per heavy atom. The third-order valence-electron chi connectivity index (χ3n) is 7.29. The molecule has 2 N–H and O–H groups in total. The first-order valence-corrected chi connectivity index (χ1v) is 13.6. The van der Waals surface area contributed by atoms with Crippen LogP contribution >= 0.6 is 0 Å². The van der Waals surface area contributed by atoms with Crippen molar-refractivity contribution >= 4 is 17.7 Å². The van der Waals surface area contributed by atoms with Gasteiger partial charge in [0, 0.05) is 37.3 Å². The predicted molar refractivity (Wildman–Crippen MR) is 153 cm³/mol. The van der Waals surface area contributed by atoms with Gasteiger partial charge in [-0.3, -0.25) is 14.6 Å². The van der Waals surface area contributed by atoms with E-state index >= 15 is 0 Å². The fourth-order valence-corrected chi connectivity index (χ4v) is 5.34. The smallest absolute Gasteiger partial charge is 0.341 e. The van der Waals surface area contributed by atoms with E-state index in [1.54, 1.807) is 19.1 Å². The van der Waals surface area contributed by atoms with Crippen LogP contribution in [0, 0.1) is 0 Å². The minimum absolute atomic E-state index is 0.00931. The molecule has 41 heavy (non-hydrogen) atoms. The molecule has 0 saturated carbocycles. The molecule has 3 atom stereocenters. The lowest BCUT2D eigenvalue weighted by Gasteiger charge is -2.47. The zero-order valence-electron chi connectivity index (χ0n) is 23.5. The molecule has 3 aromatic rings. The van der Waals surface area contributed by atoms with E-state index in [9.17, 15) is 14.4 Å². The Morgan fingerprint density at radius 1 is 0.805 bits per heavy atom. The predicted octanol–water partition coefficient (Wildman–Crippen LogP) is 4.50. The highest BCUT2D eigenvalue weighted by Crippen LogP contribution is 2.35. The molecule has 0 radical (unpaired) electrons. The number of rotatable bonds is 12. The number of nitrogens with zero attached hydrogens (tertiary/aromatic N) is 2. The van der Waals surface area contributed by atoms with Crippen molar-refractivity contribution in [3.63, 3.8) is 0 Å². The van der Waals surface area contributed by atoms with E-state index in [1.807, 2.05) is 60.7 Å². The van der Waals surface area contributed by atoms with Crippen molar-refractivity contribution in [2.45, 2.75) is 45.4 Å². The van der Waals surface area contributed by atoms with Crippen LogP contribution in [0.25, 0.3) is 0 Å². The Hall–Kier alpha value is -4.21. The molecule has 0 spiro atoms. The van der Waals surface area contributed by atoms with Gasteiger partial charge in [-0.1, -0.05) is 42.5 Å². The van der Waals surface area contributed by atoms with E-state index in [1.165, 1.54) is 0 Å². The normalized spacial score (nSPS) is 18.4. The van der Waals surface area contributed by atoms with Crippen LogP contribution in [0.1, 0.15) is 53.9 Å². The van der Waals surface area contributed by atoms with Gasteiger partial charge >= 0.3 is 11.9 Å². The van der Waals surface area contributed by atoms with Gasteiger partial charge in [-0.2, -0.15) is 0 Å². The number of carbonyl (C=O) groups excluding carboxylic acids is 1. The molecular formula is C32H36N2O7. The van der Waals surface area contributed by atoms with Crippen LogP contribution in [0.3, 0.4) is 0 Å². The number of hydrogen-bond acceptors (Lipinski definition) is 7. The molecule has 1 fully saturated rings. The summed E-state index contributed by atoms with van der Waals surface area (Å²) in [6, 6.07) is 22.8. The summed E-state index contributed by atoms with van der Waals surface area (Å²) in [5.41, 5.74) is 3.60. The molecule has 1 heterocycles. The molecule has 9 nitrogen and oxygen atoms in total. The number of piperazine rings is 1. The van der Waals surface area contributed by atoms with Gasteiger partial charge in [-0.15, -0.1) is 0 Å². The number of ether oxygens (including phenoxy) is 2. The summed E-state index contributed by atoms with van der Waals surface area (Å²) in [5.74, 6) is -1.07. The summed E-state index contributed by atoms with van der Waals surface area (Å²) in [4.78, 5) is 39.0. The van der Waals surface area contributed by atoms with Gasteiger partial charge in [0.15, 0.2) is 19.0 Å². The van der Waals surface area contributed by atoms with Crippen LogP contribution in [0.4, 0.5) is 0 Å². The van der Waals surface area contributed by atoms with E-state index in [4.69, 9.17) is 19.7 Å². The number of hydrogen-bond donors (Lipinski definition) is 2. The molecule has 216 valence electrons. The summed E-state index contributed by atoms with van der Waals surface area (Å²) in [6.45, 7) is 7.31. The topological polar surface area (TPSA) is 117 Å². The van der Waals surface area contributed by atoms with Crippen molar-refractivity contribution in [3.8, 4) is 11.5 Å². The summed E-state index contributed by atoms with van der Waals surface area (Å²) in [7, 11) is 0.